The van der Waals surface area contributed by atoms with Gasteiger partial charge in [0, 0.05) is 19.4 Å². The van der Waals surface area contributed by atoms with E-state index in [1.807, 2.05) is 0 Å². The lowest BCUT2D eigenvalue weighted by atomic mass is 10.0. The van der Waals surface area contributed by atoms with E-state index in [1.54, 1.807) is 55.4 Å². The van der Waals surface area contributed by atoms with Gasteiger partial charge in [-0.25, -0.2) is 13.8 Å². The number of benzene rings is 2. The van der Waals surface area contributed by atoms with Crippen molar-refractivity contribution in [2.75, 3.05) is 7.11 Å². The largest absolute Gasteiger partial charge is 0.497 e. The molecule has 1 heterocycles. The fraction of sp³-hybridized carbons (Fsp3) is 0.200. The second-order valence-electron chi connectivity index (χ2n) is 6.10. The van der Waals surface area contributed by atoms with E-state index in [2.05, 4.69) is 10.3 Å². The van der Waals surface area contributed by atoms with Crippen LogP contribution in [-0.4, -0.2) is 22.6 Å². The average Bonchev–Trinajstić information content (AvgIpc) is 3.08. The molecule has 140 valence electrons. The predicted molar refractivity (Wildman–Crippen MR) is 96.2 cm³/mol. The summed E-state index contributed by atoms with van der Waals surface area (Å²) in [6.07, 6.45) is 3.43. The molecule has 0 spiro atoms. The quantitative estimate of drug-likeness (QED) is 0.724. The average molecular weight is 371 g/mol. The highest BCUT2D eigenvalue weighted by molar-refractivity contribution is 5.79. The van der Waals surface area contributed by atoms with E-state index in [0.29, 0.717) is 17.1 Å². The molecule has 5 nitrogen and oxygen atoms in total. The Morgan fingerprint density at radius 2 is 1.93 bits per heavy atom. The van der Waals surface area contributed by atoms with Gasteiger partial charge in [0.25, 0.3) is 0 Å². The SMILES string of the molecule is COc1ccc(CC(=O)N[C@@H](c2ccc(F)c(F)c2)c2nccn2C)cc1. The molecule has 0 saturated carbocycles. The second kappa shape index (κ2) is 7.99. The van der Waals surface area contributed by atoms with E-state index in [0.717, 1.165) is 17.7 Å². The highest BCUT2D eigenvalue weighted by Gasteiger charge is 2.22. The Labute approximate surface area is 155 Å². The molecule has 0 aliphatic heterocycles. The third kappa shape index (κ3) is 4.31. The van der Waals surface area contributed by atoms with Crippen LogP contribution in [0.15, 0.2) is 54.9 Å². The Bertz CT molecular complexity index is 939. The fourth-order valence-electron chi connectivity index (χ4n) is 2.79. The van der Waals surface area contributed by atoms with Gasteiger partial charge in [0.2, 0.25) is 5.91 Å². The number of nitrogens with one attached hydrogen (secondary N) is 1. The molecule has 0 unspecified atom stereocenters. The number of rotatable bonds is 6. The minimum Gasteiger partial charge on any atom is -0.497 e. The monoisotopic (exact) mass is 371 g/mol. The van der Waals surface area contributed by atoms with E-state index < -0.39 is 17.7 Å². The lowest BCUT2D eigenvalue weighted by Gasteiger charge is -2.19. The molecule has 0 aliphatic carbocycles. The van der Waals surface area contributed by atoms with Crippen molar-refractivity contribution in [3.8, 4) is 5.75 Å². The Balaban J connectivity index is 1.83. The number of ether oxygens (including phenoxy) is 1. The summed E-state index contributed by atoms with van der Waals surface area (Å²) in [7, 11) is 3.34. The van der Waals surface area contributed by atoms with Gasteiger partial charge in [-0.2, -0.15) is 0 Å². The molecule has 0 aliphatic rings. The minimum absolute atomic E-state index is 0.134. The van der Waals surface area contributed by atoms with Crippen LogP contribution in [0.1, 0.15) is 23.0 Å². The van der Waals surface area contributed by atoms with Crippen molar-refractivity contribution in [3.63, 3.8) is 0 Å². The number of methoxy groups -OCH3 is 1. The van der Waals surface area contributed by atoms with Crippen LogP contribution in [0.25, 0.3) is 0 Å². The molecule has 0 saturated heterocycles. The van der Waals surface area contributed by atoms with E-state index in [-0.39, 0.29) is 12.3 Å². The van der Waals surface area contributed by atoms with Crippen molar-refractivity contribution in [1.82, 2.24) is 14.9 Å². The topological polar surface area (TPSA) is 56.1 Å². The first-order chi connectivity index (χ1) is 13.0. The van der Waals surface area contributed by atoms with Crippen LogP contribution < -0.4 is 10.1 Å². The molecular formula is C20H19F2N3O2. The van der Waals surface area contributed by atoms with Crippen LogP contribution in [0.4, 0.5) is 8.78 Å². The highest BCUT2D eigenvalue weighted by Crippen LogP contribution is 2.23. The van der Waals surface area contributed by atoms with Crippen LogP contribution in [0.3, 0.4) is 0 Å². The molecule has 2 aromatic carbocycles. The lowest BCUT2D eigenvalue weighted by molar-refractivity contribution is -0.121. The van der Waals surface area contributed by atoms with Gasteiger partial charge in [-0.05, 0) is 35.4 Å². The molecule has 1 amide bonds. The molecule has 27 heavy (non-hydrogen) atoms. The van der Waals surface area contributed by atoms with Gasteiger partial charge in [0.05, 0.1) is 13.5 Å². The van der Waals surface area contributed by atoms with Crippen molar-refractivity contribution in [3.05, 3.63) is 83.4 Å². The molecule has 3 rings (SSSR count). The van der Waals surface area contributed by atoms with Gasteiger partial charge in [0.15, 0.2) is 11.6 Å². The number of carbonyl (C=O) groups is 1. The third-order valence-corrected chi connectivity index (χ3v) is 4.22. The van der Waals surface area contributed by atoms with E-state index in [4.69, 9.17) is 4.74 Å². The molecule has 0 fully saturated rings. The minimum atomic E-state index is -0.976. The van der Waals surface area contributed by atoms with Gasteiger partial charge >= 0.3 is 0 Å². The summed E-state index contributed by atoms with van der Waals surface area (Å²) in [5.74, 6) is -0.966. The molecule has 1 aromatic heterocycles. The maximum absolute atomic E-state index is 13.7. The van der Waals surface area contributed by atoms with Crippen molar-refractivity contribution >= 4 is 5.91 Å². The zero-order valence-electron chi connectivity index (χ0n) is 14.9. The summed E-state index contributed by atoms with van der Waals surface area (Å²) < 4.78 is 33.8. The number of imidazole rings is 1. The summed E-state index contributed by atoms with van der Waals surface area (Å²) >= 11 is 0. The van der Waals surface area contributed by atoms with Crippen molar-refractivity contribution < 1.29 is 18.3 Å². The number of hydrogen-bond acceptors (Lipinski definition) is 3. The summed E-state index contributed by atoms with van der Waals surface area (Å²) in [5.41, 5.74) is 1.21. The number of amides is 1. The summed E-state index contributed by atoms with van der Waals surface area (Å²) in [5, 5.41) is 2.86. The van der Waals surface area contributed by atoms with Crippen molar-refractivity contribution in [1.29, 1.82) is 0 Å². The highest BCUT2D eigenvalue weighted by atomic mass is 19.2. The molecular weight excluding hydrogens is 352 g/mol. The Morgan fingerprint density at radius 3 is 2.52 bits per heavy atom. The zero-order chi connectivity index (χ0) is 19.4. The van der Waals surface area contributed by atoms with Gasteiger partial charge in [-0.1, -0.05) is 18.2 Å². The van der Waals surface area contributed by atoms with Crippen LogP contribution >= 0.6 is 0 Å². The molecule has 0 radical (unpaired) electrons. The predicted octanol–water partition coefficient (Wildman–Crippen LogP) is 3.16. The maximum atomic E-state index is 13.7. The second-order valence-corrected chi connectivity index (χ2v) is 6.10. The first-order valence-electron chi connectivity index (χ1n) is 8.32. The van der Waals surface area contributed by atoms with Crippen molar-refractivity contribution in [2.24, 2.45) is 7.05 Å². The standard InChI is InChI=1S/C20H19F2N3O2/c1-25-10-9-23-20(25)19(14-5-8-16(21)17(22)12-14)24-18(26)11-13-3-6-15(27-2)7-4-13/h3-10,12,19H,11H2,1-2H3,(H,24,26)/t19-/m0/s1. The Morgan fingerprint density at radius 1 is 1.19 bits per heavy atom. The lowest BCUT2D eigenvalue weighted by Crippen LogP contribution is -2.32. The Hall–Kier alpha value is -3.22. The van der Waals surface area contributed by atoms with Gasteiger partial charge < -0.3 is 14.6 Å². The summed E-state index contributed by atoms with van der Waals surface area (Å²) in [4.78, 5) is 16.8. The van der Waals surface area contributed by atoms with Gasteiger partial charge in [-0.15, -0.1) is 0 Å². The maximum Gasteiger partial charge on any atom is 0.225 e. The molecule has 3 aromatic rings. The van der Waals surface area contributed by atoms with Crippen LogP contribution in [0.5, 0.6) is 5.75 Å². The van der Waals surface area contributed by atoms with E-state index in [9.17, 15) is 13.6 Å². The van der Waals surface area contributed by atoms with Crippen molar-refractivity contribution in [2.45, 2.75) is 12.5 Å². The summed E-state index contributed by atoms with van der Waals surface area (Å²) in [6.45, 7) is 0. The number of aryl methyl sites for hydroxylation is 1. The first-order valence-corrected chi connectivity index (χ1v) is 8.32. The fourth-order valence-corrected chi connectivity index (χ4v) is 2.79. The van der Waals surface area contributed by atoms with Gasteiger partial charge in [0.1, 0.15) is 17.6 Å². The number of aromatic nitrogens is 2. The number of carbonyl (C=O) groups excluding carboxylic acids is 1. The summed E-state index contributed by atoms with van der Waals surface area (Å²) in [6, 6.07) is 9.98. The van der Waals surface area contributed by atoms with Crippen LogP contribution in [0.2, 0.25) is 0 Å². The number of halogens is 2. The molecule has 7 heteroatoms. The van der Waals surface area contributed by atoms with Gasteiger partial charge in [-0.3, -0.25) is 4.79 Å². The zero-order valence-corrected chi connectivity index (χ0v) is 14.9. The van der Waals surface area contributed by atoms with E-state index in [1.165, 1.54) is 6.07 Å². The molecule has 0 bridgehead atoms. The normalized spacial score (nSPS) is 11.9. The smallest absolute Gasteiger partial charge is 0.225 e. The number of nitrogens with zero attached hydrogens (tertiary/aromatic N) is 2. The van der Waals surface area contributed by atoms with Crippen LogP contribution in [0, 0.1) is 11.6 Å². The molecule has 1 atom stereocenters. The Kier molecular flexibility index (Phi) is 5.49. The third-order valence-electron chi connectivity index (χ3n) is 4.22. The van der Waals surface area contributed by atoms with Crippen LogP contribution in [-0.2, 0) is 18.3 Å². The molecule has 1 N–H and O–H groups in total. The number of hydrogen-bond donors (Lipinski definition) is 1. The van der Waals surface area contributed by atoms with E-state index >= 15 is 0 Å². The first kappa shape index (κ1) is 18.6.